The highest BCUT2D eigenvalue weighted by molar-refractivity contribution is 5.84. The number of benzene rings is 2. The molecule has 0 aliphatic rings. The molecular formula is C18H19F3N2O2. The average molecular weight is 352 g/mol. The molecule has 0 radical (unpaired) electrons. The quantitative estimate of drug-likeness (QED) is 0.566. The molecule has 2 aromatic rings. The Bertz CT molecular complexity index is 731. The van der Waals surface area contributed by atoms with E-state index in [1.807, 2.05) is 13.8 Å². The van der Waals surface area contributed by atoms with E-state index in [1.54, 1.807) is 18.2 Å². The van der Waals surface area contributed by atoms with Crippen LogP contribution in [-0.2, 0) is 6.18 Å². The van der Waals surface area contributed by atoms with E-state index in [0.717, 1.165) is 12.1 Å². The van der Waals surface area contributed by atoms with Crippen molar-refractivity contribution in [2.75, 3.05) is 18.6 Å². The fourth-order valence-corrected chi connectivity index (χ4v) is 2.10. The first-order valence-corrected chi connectivity index (χ1v) is 7.80. The normalized spacial score (nSPS) is 11.6. The van der Waals surface area contributed by atoms with Crippen LogP contribution >= 0.6 is 0 Å². The van der Waals surface area contributed by atoms with Crippen LogP contribution in [0.15, 0.2) is 47.6 Å². The predicted octanol–water partition coefficient (Wildman–Crippen LogP) is 4.95. The molecule has 0 saturated heterocycles. The Balaban J connectivity index is 2.14. The molecule has 1 N–H and O–H groups in total. The van der Waals surface area contributed by atoms with Gasteiger partial charge in [-0.1, -0.05) is 6.07 Å². The first kappa shape index (κ1) is 18.6. The molecule has 0 bridgehead atoms. The number of hydrogen-bond donors (Lipinski definition) is 1. The molecule has 0 aliphatic carbocycles. The van der Waals surface area contributed by atoms with Gasteiger partial charge in [-0.2, -0.15) is 18.3 Å². The van der Waals surface area contributed by atoms with E-state index >= 15 is 0 Å². The molecule has 0 atom stereocenters. The minimum atomic E-state index is -4.39. The molecule has 25 heavy (non-hydrogen) atoms. The lowest BCUT2D eigenvalue weighted by Crippen LogP contribution is -2.05. The molecule has 0 fully saturated rings. The van der Waals surface area contributed by atoms with Crippen molar-refractivity contribution in [3.63, 3.8) is 0 Å². The second kappa shape index (κ2) is 8.41. The lowest BCUT2D eigenvalue weighted by Gasteiger charge is -2.10. The topological polar surface area (TPSA) is 42.8 Å². The van der Waals surface area contributed by atoms with Gasteiger partial charge in [0.05, 0.1) is 30.7 Å². The zero-order valence-electron chi connectivity index (χ0n) is 13.9. The highest BCUT2D eigenvalue weighted by atomic mass is 19.4. The Morgan fingerprint density at radius 3 is 2.48 bits per heavy atom. The highest BCUT2D eigenvalue weighted by Gasteiger charge is 2.30. The standard InChI is InChI=1S/C18H19F3N2O2/c1-3-24-16-9-8-13(17(11-16)25-4-2)12-22-23-15-7-5-6-14(10-15)18(19,20)21/h5-12,23H,3-4H2,1-2H3. The number of nitrogens with zero attached hydrogens (tertiary/aromatic N) is 1. The van der Waals surface area contributed by atoms with Crippen molar-refractivity contribution in [2.24, 2.45) is 5.10 Å². The second-order valence-electron chi connectivity index (χ2n) is 5.01. The first-order chi connectivity index (χ1) is 11.9. The highest BCUT2D eigenvalue weighted by Crippen LogP contribution is 2.30. The van der Waals surface area contributed by atoms with Crippen LogP contribution in [0.25, 0.3) is 0 Å². The Labute approximate surface area is 144 Å². The van der Waals surface area contributed by atoms with Gasteiger partial charge in [0.15, 0.2) is 0 Å². The third-order valence-corrected chi connectivity index (χ3v) is 3.18. The molecule has 2 aromatic carbocycles. The number of hydrogen-bond acceptors (Lipinski definition) is 4. The zero-order chi connectivity index (χ0) is 18.3. The van der Waals surface area contributed by atoms with Crippen LogP contribution in [0.3, 0.4) is 0 Å². The van der Waals surface area contributed by atoms with Gasteiger partial charge in [-0.05, 0) is 44.2 Å². The molecule has 0 spiro atoms. The minimum absolute atomic E-state index is 0.245. The Hall–Kier alpha value is -2.70. The van der Waals surface area contributed by atoms with Gasteiger partial charge in [0.25, 0.3) is 0 Å². The summed E-state index contributed by atoms with van der Waals surface area (Å²) in [5, 5.41) is 3.99. The minimum Gasteiger partial charge on any atom is -0.494 e. The summed E-state index contributed by atoms with van der Waals surface area (Å²) in [5.74, 6) is 1.26. The number of halogens is 3. The van der Waals surface area contributed by atoms with Gasteiger partial charge in [0, 0.05) is 11.6 Å². The van der Waals surface area contributed by atoms with Gasteiger partial charge >= 0.3 is 6.18 Å². The SMILES string of the molecule is CCOc1ccc(C=NNc2cccc(C(F)(F)F)c2)c(OCC)c1. The molecule has 0 heterocycles. The van der Waals surface area contributed by atoms with Crippen LogP contribution in [0.2, 0.25) is 0 Å². The summed E-state index contributed by atoms with van der Waals surface area (Å²) in [6.45, 7) is 4.75. The second-order valence-corrected chi connectivity index (χ2v) is 5.01. The number of rotatable bonds is 7. The van der Waals surface area contributed by atoms with Crippen molar-refractivity contribution in [2.45, 2.75) is 20.0 Å². The van der Waals surface area contributed by atoms with Crippen LogP contribution in [0.5, 0.6) is 11.5 Å². The van der Waals surface area contributed by atoms with E-state index in [-0.39, 0.29) is 5.69 Å². The van der Waals surface area contributed by atoms with Gasteiger partial charge in [-0.3, -0.25) is 5.43 Å². The van der Waals surface area contributed by atoms with E-state index in [4.69, 9.17) is 9.47 Å². The summed E-state index contributed by atoms with van der Waals surface area (Å²) >= 11 is 0. The maximum atomic E-state index is 12.7. The average Bonchev–Trinajstić information content (AvgIpc) is 2.57. The van der Waals surface area contributed by atoms with E-state index in [2.05, 4.69) is 10.5 Å². The summed E-state index contributed by atoms with van der Waals surface area (Å²) in [6, 6.07) is 10.1. The number of ether oxygens (including phenoxy) is 2. The molecule has 4 nitrogen and oxygen atoms in total. The number of hydrazone groups is 1. The molecule has 0 amide bonds. The number of nitrogens with one attached hydrogen (secondary N) is 1. The van der Waals surface area contributed by atoms with Crippen molar-refractivity contribution in [1.29, 1.82) is 0 Å². The Kier molecular flexibility index (Phi) is 6.27. The lowest BCUT2D eigenvalue weighted by molar-refractivity contribution is -0.137. The van der Waals surface area contributed by atoms with Gasteiger partial charge in [-0.15, -0.1) is 0 Å². The largest absolute Gasteiger partial charge is 0.494 e. The third kappa shape index (κ3) is 5.41. The Morgan fingerprint density at radius 2 is 1.80 bits per heavy atom. The summed E-state index contributed by atoms with van der Waals surface area (Å²) in [5.41, 5.74) is 2.80. The van der Waals surface area contributed by atoms with Crippen molar-refractivity contribution in [1.82, 2.24) is 0 Å². The van der Waals surface area contributed by atoms with Crippen molar-refractivity contribution in [3.05, 3.63) is 53.6 Å². The van der Waals surface area contributed by atoms with E-state index < -0.39 is 11.7 Å². The smallest absolute Gasteiger partial charge is 0.416 e. The Morgan fingerprint density at radius 1 is 1.04 bits per heavy atom. The fourth-order valence-electron chi connectivity index (χ4n) is 2.10. The van der Waals surface area contributed by atoms with Crippen molar-refractivity contribution >= 4 is 11.9 Å². The molecule has 2 rings (SSSR count). The molecule has 0 saturated carbocycles. The first-order valence-electron chi connectivity index (χ1n) is 7.80. The van der Waals surface area contributed by atoms with Crippen LogP contribution in [0.4, 0.5) is 18.9 Å². The van der Waals surface area contributed by atoms with E-state index in [1.165, 1.54) is 18.3 Å². The van der Waals surface area contributed by atoms with E-state index in [0.29, 0.717) is 30.3 Å². The van der Waals surface area contributed by atoms with E-state index in [9.17, 15) is 13.2 Å². The van der Waals surface area contributed by atoms with Crippen molar-refractivity contribution in [3.8, 4) is 11.5 Å². The van der Waals surface area contributed by atoms with Gasteiger partial charge in [0.1, 0.15) is 11.5 Å². The summed E-state index contributed by atoms with van der Waals surface area (Å²) in [7, 11) is 0. The lowest BCUT2D eigenvalue weighted by atomic mass is 10.2. The summed E-state index contributed by atoms with van der Waals surface area (Å²) < 4.78 is 49.1. The molecule has 7 heteroatoms. The van der Waals surface area contributed by atoms with Crippen LogP contribution in [0, 0.1) is 0 Å². The zero-order valence-corrected chi connectivity index (χ0v) is 13.9. The number of alkyl halides is 3. The molecule has 0 aliphatic heterocycles. The summed E-state index contributed by atoms with van der Waals surface area (Å²) in [4.78, 5) is 0. The van der Waals surface area contributed by atoms with Crippen LogP contribution in [-0.4, -0.2) is 19.4 Å². The predicted molar refractivity (Wildman–Crippen MR) is 91.4 cm³/mol. The molecular weight excluding hydrogens is 333 g/mol. The van der Waals surface area contributed by atoms with Gasteiger partial charge in [-0.25, -0.2) is 0 Å². The fraction of sp³-hybridized carbons (Fsp3) is 0.278. The van der Waals surface area contributed by atoms with Gasteiger partial charge < -0.3 is 9.47 Å². The molecule has 0 unspecified atom stereocenters. The maximum absolute atomic E-state index is 12.7. The summed E-state index contributed by atoms with van der Waals surface area (Å²) in [6.07, 6.45) is -2.90. The van der Waals surface area contributed by atoms with Gasteiger partial charge in [0.2, 0.25) is 0 Å². The monoisotopic (exact) mass is 352 g/mol. The number of anilines is 1. The maximum Gasteiger partial charge on any atom is 0.416 e. The molecule has 0 aromatic heterocycles. The molecule has 134 valence electrons. The van der Waals surface area contributed by atoms with Crippen LogP contribution < -0.4 is 14.9 Å². The van der Waals surface area contributed by atoms with Crippen molar-refractivity contribution < 1.29 is 22.6 Å². The van der Waals surface area contributed by atoms with Crippen LogP contribution in [0.1, 0.15) is 25.0 Å². The third-order valence-electron chi connectivity index (χ3n) is 3.18.